The Morgan fingerprint density at radius 2 is 1.75 bits per heavy atom. The topological polar surface area (TPSA) is 67.2 Å². The molecule has 1 fully saturated rings. The van der Waals surface area contributed by atoms with Crippen LogP contribution in [0.3, 0.4) is 0 Å². The number of benzene rings is 2. The summed E-state index contributed by atoms with van der Waals surface area (Å²) in [6, 6.07) is 13.3. The van der Waals surface area contributed by atoms with Crippen molar-refractivity contribution >= 4 is 22.8 Å². The highest BCUT2D eigenvalue weighted by Crippen LogP contribution is 2.22. The van der Waals surface area contributed by atoms with E-state index in [0.29, 0.717) is 11.4 Å². The molecule has 0 spiro atoms. The molecule has 2 heterocycles. The lowest BCUT2D eigenvalue weighted by Crippen LogP contribution is -2.36. The van der Waals surface area contributed by atoms with E-state index in [-0.39, 0.29) is 24.4 Å². The summed E-state index contributed by atoms with van der Waals surface area (Å²) >= 11 is 0. The van der Waals surface area contributed by atoms with Gasteiger partial charge in [-0.1, -0.05) is 42.7 Å². The van der Waals surface area contributed by atoms with Crippen LogP contribution in [0.5, 0.6) is 0 Å². The number of aryl methyl sites for hydroxylation is 2. The molecule has 3 aromatic rings. The van der Waals surface area contributed by atoms with E-state index >= 15 is 0 Å². The molecular weight excluding hydrogens is 400 g/mol. The average molecular weight is 433 g/mol. The number of nitrogens with one attached hydrogen (secondary N) is 1. The third-order valence-electron chi connectivity index (χ3n) is 6.30. The summed E-state index contributed by atoms with van der Waals surface area (Å²) in [5.41, 5.74) is 4.48. The van der Waals surface area contributed by atoms with Crippen LogP contribution in [0.2, 0.25) is 0 Å². The largest absolute Gasteiger partial charge is 0.342 e. The maximum absolute atomic E-state index is 13.1. The van der Waals surface area contributed by atoms with Crippen molar-refractivity contribution in [2.24, 2.45) is 0 Å². The van der Waals surface area contributed by atoms with Crippen LogP contribution in [0, 0.1) is 13.8 Å². The Balaban J connectivity index is 1.60. The molecule has 1 N–H and O–H groups in total. The van der Waals surface area contributed by atoms with Gasteiger partial charge in [0, 0.05) is 18.7 Å². The summed E-state index contributed by atoms with van der Waals surface area (Å²) in [5.74, 6) is 0.684. The molecule has 1 unspecified atom stereocenters. The van der Waals surface area contributed by atoms with Crippen LogP contribution < -0.4 is 5.32 Å². The van der Waals surface area contributed by atoms with E-state index in [9.17, 15) is 9.59 Å². The van der Waals surface area contributed by atoms with Gasteiger partial charge in [-0.2, -0.15) is 0 Å². The number of imidazole rings is 1. The van der Waals surface area contributed by atoms with Gasteiger partial charge in [0.1, 0.15) is 12.4 Å². The fourth-order valence-electron chi connectivity index (χ4n) is 4.55. The van der Waals surface area contributed by atoms with E-state index in [0.717, 1.165) is 48.1 Å². The molecule has 4 rings (SSSR count). The van der Waals surface area contributed by atoms with Crippen molar-refractivity contribution in [1.82, 2.24) is 19.8 Å². The number of amides is 2. The number of rotatable bonds is 5. The van der Waals surface area contributed by atoms with Crippen molar-refractivity contribution in [2.75, 3.05) is 13.1 Å². The molecule has 0 aliphatic carbocycles. The molecule has 0 saturated carbocycles. The Kier molecular flexibility index (Phi) is 6.58. The van der Waals surface area contributed by atoms with Gasteiger partial charge >= 0.3 is 0 Å². The van der Waals surface area contributed by atoms with Crippen LogP contribution in [-0.4, -0.2) is 39.4 Å². The minimum atomic E-state index is -0.340. The second-order valence-electron chi connectivity index (χ2n) is 8.85. The van der Waals surface area contributed by atoms with E-state index < -0.39 is 0 Å². The highest BCUT2D eigenvalue weighted by atomic mass is 16.2. The van der Waals surface area contributed by atoms with Crippen LogP contribution in [0.1, 0.15) is 66.0 Å². The number of carbonyl (C=O) groups excluding carboxylic acids is 2. The van der Waals surface area contributed by atoms with Gasteiger partial charge in [0.2, 0.25) is 5.91 Å². The molecule has 0 radical (unpaired) electrons. The Labute approximate surface area is 189 Å². The van der Waals surface area contributed by atoms with Crippen LogP contribution in [0.4, 0.5) is 0 Å². The summed E-state index contributed by atoms with van der Waals surface area (Å²) in [6.07, 6.45) is 4.49. The first-order chi connectivity index (χ1) is 15.4. The van der Waals surface area contributed by atoms with Gasteiger partial charge in [-0.15, -0.1) is 0 Å². The lowest BCUT2D eigenvalue weighted by Gasteiger charge is -2.22. The normalized spacial score (nSPS) is 15.4. The molecular formula is C26H32N4O2. The SMILES string of the molecule is Cc1ccc(C(=O)NC(C)c2nc3ccccc3n2CC(=O)N2CCCCCC2)c(C)c1. The van der Waals surface area contributed by atoms with Crippen molar-refractivity contribution in [3.05, 3.63) is 65.0 Å². The van der Waals surface area contributed by atoms with Gasteiger partial charge in [-0.05, 0) is 57.4 Å². The monoisotopic (exact) mass is 432 g/mol. The second-order valence-corrected chi connectivity index (χ2v) is 8.85. The van der Waals surface area contributed by atoms with Crippen LogP contribution in [-0.2, 0) is 11.3 Å². The standard InChI is InChI=1S/C26H32N4O2/c1-18-12-13-21(19(2)16-18)26(32)27-20(3)25-28-22-10-6-7-11-23(22)30(25)17-24(31)29-14-8-4-5-9-15-29/h6-7,10-13,16,20H,4-5,8-9,14-15,17H2,1-3H3,(H,27,32). The number of para-hydroxylation sites is 2. The summed E-state index contributed by atoms with van der Waals surface area (Å²) in [4.78, 5) is 32.9. The van der Waals surface area contributed by atoms with Crippen LogP contribution in [0.15, 0.2) is 42.5 Å². The second kappa shape index (κ2) is 9.55. The molecule has 6 nitrogen and oxygen atoms in total. The maximum atomic E-state index is 13.1. The molecule has 2 aromatic carbocycles. The van der Waals surface area contributed by atoms with Gasteiger partial charge in [0.05, 0.1) is 17.1 Å². The fraction of sp³-hybridized carbons (Fsp3) is 0.423. The quantitative estimate of drug-likeness (QED) is 0.643. The van der Waals surface area contributed by atoms with Gasteiger partial charge in [-0.25, -0.2) is 4.98 Å². The van der Waals surface area contributed by atoms with E-state index in [2.05, 4.69) is 5.32 Å². The minimum Gasteiger partial charge on any atom is -0.342 e. The Morgan fingerprint density at radius 1 is 1.03 bits per heavy atom. The number of nitrogens with zero attached hydrogens (tertiary/aromatic N) is 3. The third-order valence-corrected chi connectivity index (χ3v) is 6.30. The maximum Gasteiger partial charge on any atom is 0.252 e. The predicted molar refractivity (Wildman–Crippen MR) is 127 cm³/mol. The van der Waals surface area contributed by atoms with Crippen molar-refractivity contribution < 1.29 is 9.59 Å². The molecule has 32 heavy (non-hydrogen) atoms. The van der Waals surface area contributed by atoms with E-state index in [1.165, 1.54) is 12.8 Å². The number of fused-ring (bicyclic) bond motifs is 1. The number of carbonyl (C=O) groups is 2. The number of hydrogen-bond donors (Lipinski definition) is 1. The first-order valence-corrected chi connectivity index (χ1v) is 11.5. The fourth-order valence-corrected chi connectivity index (χ4v) is 4.55. The Hall–Kier alpha value is -3.15. The van der Waals surface area contributed by atoms with Gasteiger partial charge < -0.3 is 14.8 Å². The average Bonchev–Trinajstić information content (AvgIpc) is 2.93. The summed E-state index contributed by atoms with van der Waals surface area (Å²) in [6.45, 7) is 7.76. The molecule has 1 aliphatic heterocycles. The minimum absolute atomic E-state index is 0.115. The van der Waals surface area contributed by atoms with Crippen molar-refractivity contribution in [2.45, 2.75) is 59.0 Å². The molecule has 1 aromatic heterocycles. The van der Waals surface area contributed by atoms with E-state index in [1.54, 1.807) is 0 Å². The molecule has 2 amide bonds. The van der Waals surface area contributed by atoms with Gasteiger partial charge in [-0.3, -0.25) is 9.59 Å². The Morgan fingerprint density at radius 3 is 2.47 bits per heavy atom. The number of likely N-dealkylation sites (tertiary alicyclic amines) is 1. The van der Waals surface area contributed by atoms with Crippen molar-refractivity contribution in [3.8, 4) is 0 Å². The summed E-state index contributed by atoms with van der Waals surface area (Å²) < 4.78 is 1.97. The first-order valence-electron chi connectivity index (χ1n) is 11.5. The predicted octanol–water partition coefficient (Wildman–Crippen LogP) is 4.55. The highest BCUT2D eigenvalue weighted by molar-refractivity contribution is 5.96. The molecule has 1 saturated heterocycles. The van der Waals surface area contributed by atoms with E-state index in [1.807, 2.05) is 72.7 Å². The number of aromatic nitrogens is 2. The molecule has 1 aliphatic rings. The number of hydrogen-bond acceptors (Lipinski definition) is 3. The molecule has 1 atom stereocenters. The van der Waals surface area contributed by atoms with Crippen molar-refractivity contribution in [1.29, 1.82) is 0 Å². The summed E-state index contributed by atoms with van der Waals surface area (Å²) in [7, 11) is 0. The lowest BCUT2D eigenvalue weighted by atomic mass is 10.0. The van der Waals surface area contributed by atoms with Crippen molar-refractivity contribution in [3.63, 3.8) is 0 Å². The van der Waals surface area contributed by atoms with E-state index in [4.69, 9.17) is 4.98 Å². The zero-order chi connectivity index (χ0) is 22.7. The smallest absolute Gasteiger partial charge is 0.252 e. The van der Waals surface area contributed by atoms with Crippen LogP contribution >= 0.6 is 0 Å². The molecule has 0 bridgehead atoms. The third kappa shape index (κ3) is 4.69. The molecule has 168 valence electrons. The molecule has 6 heteroatoms. The Bertz CT molecular complexity index is 1130. The van der Waals surface area contributed by atoms with Gasteiger partial charge in [0.25, 0.3) is 5.91 Å². The summed E-state index contributed by atoms with van der Waals surface area (Å²) in [5, 5.41) is 3.09. The zero-order valence-electron chi connectivity index (χ0n) is 19.2. The van der Waals surface area contributed by atoms with Crippen LogP contribution in [0.25, 0.3) is 11.0 Å². The van der Waals surface area contributed by atoms with Gasteiger partial charge in [0.15, 0.2) is 0 Å². The highest BCUT2D eigenvalue weighted by Gasteiger charge is 2.23. The first kappa shape index (κ1) is 22.1. The zero-order valence-corrected chi connectivity index (χ0v) is 19.2. The lowest BCUT2D eigenvalue weighted by molar-refractivity contribution is -0.131.